The van der Waals surface area contributed by atoms with Crippen LogP contribution in [0, 0.1) is 23.0 Å². The van der Waals surface area contributed by atoms with Crippen LogP contribution in [-0.4, -0.2) is 22.4 Å². The highest BCUT2D eigenvalue weighted by atomic mass is 16.6. The molecule has 0 atom stereocenters. The fourth-order valence-electron chi connectivity index (χ4n) is 3.61. The minimum absolute atomic E-state index is 0.0669. The van der Waals surface area contributed by atoms with Gasteiger partial charge in [0.1, 0.15) is 0 Å². The fraction of sp³-hybridized carbons (Fsp3) is 0.348. The van der Waals surface area contributed by atoms with Gasteiger partial charge in [0.15, 0.2) is 0 Å². The SMILES string of the molecule is C/C(=N/NC(=O)c1ccc(C)c([N+](=O)[O-])c1)c1ccc(NC(=O)C2CCCCC2)cc1. The molecule has 3 rings (SSSR count). The van der Waals surface area contributed by atoms with Crippen LogP contribution < -0.4 is 10.7 Å². The van der Waals surface area contributed by atoms with E-state index in [1.165, 1.54) is 24.6 Å². The first-order valence-electron chi connectivity index (χ1n) is 10.4. The first-order chi connectivity index (χ1) is 14.8. The third-order valence-corrected chi connectivity index (χ3v) is 5.54. The van der Waals surface area contributed by atoms with Gasteiger partial charge in [0.05, 0.1) is 10.6 Å². The van der Waals surface area contributed by atoms with Crippen molar-refractivity contribution in [1.82, 2.24) is 5.43 Å². The lowest BCUT2D eigenvalue weighted by Gasteiger charge is -2.20. The molecule has 0 heterocycles. The van der Waals surface area contributed by atoms with Crippen LogP contribution in [0.1, 0.15) is 60.5 Å². The summed E-state index contributed by atoms with van der Waals surface area (Å²) in [4.78, 5) is 35.2. The quantitative estimate of drug-likeness (QED) is 0.403. The Morgan fingerprint density at radius 2 is 1.68 bits per heavy atom. The minimum atomic E-state index is -0.529. The zero-order valence-corrected chi connectivity index (χ0v) is 17.7. The molecule has 0 radical (unpaired) electrons. The minimum Gasteiger partial charge on any atom is -0.326 e. The number of carbonyl (C=O) groups is 2. The average molecular weight is 422 g/mol. The van der Waals surface area contributed by atoms with E-state index in [1.54, 1.807) is 26.0 Å². The highest BCUT2D eigenvalue weighted by molar-refractivity contribution is 6.01. The van der Waals surface area contributed by atoms with Crippen molar-refractivity contribution < 1.29 is 14.5 Å². The summed E-state index contributed by atoms with van der Waals surface area (Å²) >= 11 is 0. The molecule has 2 aromatic carbocycles. The van der Waals surface area contributed by atoms with Gasteiger partial charge < -0.3 is 5.32 Å². The Balaban J connectivity index is 1.61. The largest absolute Gasteiger partial charge is 0.326 e. The Morgan fingerprint density at radius 3 is 2.32 bits per heavy atom. The van der Waals surface area contributed by atoms with Crippen LogP contribution in [0.2, 0.25) is 0 Å². The number of nitrogens with one attached hydrogen (secondary N) is 2. The van der Waals surface area contributed by atoms with Gasteiger partial charge in [-0.15, -0.1) is 0 Å². The van der Waals surface area contributed by atoms with Crippen LogP contribution in [0.15, 0.2) is 47.6 Å². The Labute approximate surface area is 180 Å². The number of nitro groups is 1. The molecule has 1 aliphatic carbocycles. The lowest BCUT2D eigenvalue weighted by atomic mass is 9.88. The molecule has 0 aromatic heterocycles. The molecular formula is C23H26N4O4. The van der Waals surface area contributed by atoms with Crippen molar-refractivity contribution in [3.8, 4) is 0 Å². The molecule has 0 saturated heterocycles. The number of aryl methyl sites for hydroxylation is 1. The molecule has 1 aliphatic rings. The van der Waals surface area contributed by atoms with Gasteiger partial charge >= 0.3 is 0 Å². The van der Waals surface area contributed by atoms with Crippen LogP contribution in [0.5, 0.6) is 0 Å². The van der Waals surface area contributed by atoms with Crippen LogP contribution in [-0.2, 0) is 4.79 Å². The van der Waals surface area contributed by atoms with E-state index in [9.17, 15) is 19.7 Å². The van der Waals surface area contributed by atoms with Crippen LogP contribution in [0.4, 0.5) is 11.4 Å². The lowest BCUT2D eigenvalue weighted by molar-refractivity contribution is -0.385. The molecule has 1 fully saturated rings. The molecule has 8 nitrogen and oxygen atoms in total. The molecule has 2 amide bonds. The first kappa shape index (κ1) is 22.1. The molecular weight excluding hydrogens is 396 g/mol. The molecule has 0 aliphatic heterocycles. The van der Waals surface area contributed by atoms with E-state index in [0.29, 0.717) is 11.3 Å². The van der Waals surface area contributed by atoms with Crippen molar-refractivity contribution in [3.05, 3.63) is 69.3 Å². The van der Waals surface area contributed by atoms with Gasteiger partial charge in [-0.1, -0.05) is 37.5 Å². The van der Waals surface area contributed by atoms with E-state index < -0.39 is 10.8 Å². The van der Waals surface area contributed by atoms with E-state index in [0.717, 1.165) is 36.9 Å². The summed E-state index contributed by atoms with van der Waals surface area (Å²) < 4.78 is 0. The maximum absolute atomic E-state index is 12.4. The van der Waals surface area contributed by atoms with Gasteiger partial charge in [-0.2, -0.15) is 5.10 Å². The third-order valence-electron chi connectivity index (χ3n) is 5.54. The Morgan fingerprint density at radius 1 is 1.03 bits per heavy atom. The van der Waals surface area contributed by atoms with Gasteiger partial charge in [0.2, 0.25) is 5.91 Å². The topological polar surface area (TPSA) is 114 Å². The summed E-state index contributed by atoms with van der Waals surface area (Å²) in [6.07, 6.45) is 5.30. The van der Waals surface area contributed by atoms with Crippen LogP contribution >= 0.6 is 0 Å². The van der Waals surface area contributed by atoms with Crippen LogP contribution in [0.25, 0.3) is 0 Å². The van der Waals surface area contributed by atoms with Gasteiger partial charge in [-0.25, -0.2) is 5.43 Å². The second-order valence-corrected chi connectivity index (χ2v) is 7.80. The molecule has 8 heteroatoms. The second-order valence-electron chi connectivity index (χ2n) is 7.80. The summed E-state index contributed by atoms with van der Waals surface area (Å²) in [5.74, 6) is -0.374. The number of nitro benzene ring substituents is 1. The highest BCUT2D eigenvalue weighted by Gasteiger charge is 2.21. The number of rotatable bonds is 6. The standard InChI is InChI=1S/C23H26N4O4/c1-15-8-9-19(14-21(15)27(30)31)23(29)26-25-16(2)17-10-12-20(13-11-17)24-22(28)18-6-4-3-5-7-18/h8-14,18H,3-7H2,1-2H3,(H,24,28)(H,26,29)/b25-16-. The van der Waals surface area contributed by atoms with Crippen molar-refractivity contribution in [2.45, 2.75) is 46.0 Å². The maximum atomic E-state index is 12.4. The third kappa shape index (κ3) is 5.75. The second kappa shape index (κ2) is 9.97. The van der Waals surface area contributed by atoms with E-state index in [1.807, 2.05) is 12.1 Å². The van der Waals surface area contributed by atoms with Crippen molar-refractivity contribution in [3.63, 3.8) is 0 Å². The first-order valence-corrected chi connectivity index (χ1v) is 10.4. The molecule has 2 aromatic rings. The zero-order valence-electron chi connectivity index (χ0n) is 17.7. The number of hydrazone groups is 1. The summed E-state index contributed by atoms with van der Waals surface area (Å²) in [7, 11) is 0. The van der Waals surface area contributed by atoms with Gasteiger partial charge in [-0.3, -0.25) is 19.7 Å². The Kier molecular flexibility index (Phi) is 7.12. The number of hydrogen-bond donors (Lipinski definition) is 2. The Hall–Kier alpha value is -3.55. The number of nitrogens with zero attached hydrogens (tertiary/aromatic N) is 2. The van der Waals surface area contributed by atoms with Gasteiger partial charge in [0, 0.05) is 28.8 Å². The number of anilines is 1. The monoisotopic (exact) mass is 422 g/mol. The smallest absolute Gasteiger partial charge is 0.273 e. The van der Waals surface area contributed by atoms with E-state index >= 15 is 0 Å². The zero-order chi connectivity index (χ0) is 22.4. The summed E-state index contributed by atoms with van der Waals surface area (Å²) in [5.41, 5.74) is 5.04. The Bertz CT molecular complexity index is 1010. The van der Waals surface area contributed by atoms with E-state index in [2.05, 4.69) is 15.8 Å². The molecule has 0 bridgehead atoms. The van der Waals surface area contributed by atoms with Gasteiger partial charge in [-0.05, 0) is 50.5 Å². The predicted molar refractivity (Wildman–Crippen MR) is 119 cm³/mol. The summed E-state index contributed by atoms with van der Waals surface area (Å²) in [6, 6.07) is 11.5. The van der Waals surface area contributed by atoms with E-state index in [4.69, 9.17) is 0 Å². The van der Waals surface area contributed by atoms with Gasteiger partial charge in [0.25, 0.3) is 11.6 Å². The van der Waals surface area contributed by atoms with E-state index in [-0.39, 0.29) is 23.1 Å². The number of amides is 2. The van der Waals surface area contributed by atoms with Crippen LogP contribution in [0.3, 0.4) is 0 Å². The average Bonchev–Trinajstić information content (AvgIpc) is 2.78. The predicted octanol–water partition coefficient (Wildman–Crippen LogP) is 4.58. The lowest BCUT2D eigenvalue weighted by Crippen LogP contribution is -2.24. The molecule has 31 heavy (non-hydrogen) atoms. The summed E-state index contributed by atoms with van der Waals surface area (Å²) in [6.45, 7) is 3.36. The molecule has 2 N–H and O–H groups in total. The van der Waals surface area contributed by atoms with Crippen molar-refractivity contribution in [2.24, 2.45) is 11.0 Å². The normalized spacial score (nSPS) is 14.7. The fourth-order valence-corrected chi connectivity index (χ4v) is 3.61. The maximum Gasteiger partial charge on any atom is 0.273 e. The molecule has 162 valence electrons. The molecule has 1 saturated carbocycles. The summed E-state index contributed by atoms with van der Waals surface area (Å²) in [5, 5.41) is 18.1. The van der Waals surface area contributed by atoms with Crippen molar-refractivity contribution in [2.75, 3.05) is 5.32 Å². The van der Waals surface area contributed by atoms with Crippen molar-refractivity contribution in [1.29, 1.82) is 0 Å². The molecule has 0 spiro atoms. The number of hydrogen-bond acceptors (Lipinski definition) is 5. The number of carbonyl (C=O) groups excluding carboxylic acids is 2. The molecule has 0 unspecified atom stereocenters. The highest BCUT2D eigenvalue weighted by Crippen LogP contribution is 2.25. The number of benzene rings is 2. The van der Waals surface area contributed by atoms with Crippen molar-refractivity contribution >= 4 is 28.9 Å².